The highest BCUT2D eigenvalue weighted by Gasteiger charge is 2.17. The molecule has 0 saturated heterocycles. The first kappa shape index (κ1) is 18.5. The van der Waals surface area contributed by atoms with Crippen LogP contribution in [0, 0.1) is 0 Å². The van der Waals surface area contributed by atoms with E-state index in [0.717, 1.165) is 5.56 Å². The SMILES string of the molecule is CC(=O)c1ccc(OCC(=O)N(Cc2ccccc2)Cc2ccco2)cc1. The van der Waals surface area contributed by atoms with E-state index in [9.17, 15) is 9.59 Å². The van der Waals surface area contributed by atoms with E-state index in [1.807, 2.05) is 36.4 Å². The number of hydrogen-bond acceptors (Lipinski definition) is 4. The molecule has 0 N–H and O–H groups in total. The van der Waals surface area contributed by atoms with Crippen molar-refractivity contribution in [3.05, 3.63) is 89.9 Å². The summed E-state index contributed by atoms with van der Waals surface area (Å²) < 4.78 is 11.0. The van der Waals surface area contributed by atoms with Gasteiger partial charge in [0.25, 0.3) is 5.91 Å². The van der Waals surface area contributed by atoms with Gasteiger partial charge in [-0.2, -0.15) is 0 Å². The van der Waals surface area contributed by atoms with E-state index in [0.29, 0.717) is 30.2 Å². The summed E-state index contributed by atoms with van der Waals surface area (Å²) in [6.07, 6.45) is 1.59. The van der Waals surface area contributed by atoms with Gasteiger partial charge in [-0.1, -0.05) is 30.3 Å². The average Bonchev–Trinajstić information content (AvgIpc) is 3.20. The molecule has 0 aliphatic carbocycles. The first-order valence-corrected chi connectivity index (χ1v) is 8.69. The molecule has 0 bridgehead atoms. The number of Topliss-reactive ketones (excluding diaryl/α,β-unsaturated/α-hetero) is 1. The summed E-state index contributed by atoms with van der Waals surface area (Å²) in [4.78, 5) is 25.7. The van der Waals surface area contributed by atoms with Crippen molar-refractivity contribution in [1.29, 1.82) is 0 Å². The Balaban J connectivity index is 1.65. The van der Waals surface area contributed by atoms with Crippen LogP contribution in [-0.4, -0.2) is 23.2 Å². The maximum atomic E-state index is 12.7. The number of nitrogens with zero attached hydrogens (tertiary/aromatic N) is 1. The number of hydrogen-bond donors (Lipinski definition) is 0. The number of furan rings is 1. The number of amides is 1. The maximum absolute atomic E-state index is 12.7. The lowest BCUT2D eigenvalue weighted by atomic mass is 10.1. The third kappa shape index (κ3) is 5.31. The second-order valence-electron chi connectivity index (χ2n) is 6.18. The van der Waals surface area contributed by atoms with Crippen LogP contribution in [0.4, 0.5) is 0 Å². The van der Waals surface area contributed by atoms with E-state index >= 15 is 0 Å². The summed E-state index contributed by atoms with van der Waals surface area (Å²) >= 11 is 0. The Morgan fingerprint density at radius 1 is 0.926 bits per heavy atom. The number of carbonyl (C=O) groups excluding carboxylic acids is 2. The summed E-state index contributed by atoms with van der Waals surface area (Å²) in [7, 11) is 0. The van der Waals surface area contributed by atoms with Crippen LogP contribution in [0.25, 0.3) is 0 Å². The Hall–Kier alpha value is -3.34. The minimum Gasteiger partial charge on any atom is -0.484 e. The molecule has 5 nitrogen and oxygen atoms in total. The molecule has 2 aromatic carbocycles. The van der Waals surface area contributed by atoms with Crippen molar-refractivity contribution in [3.8, 4) is 5.75 Å². The molecule has 3 rings (SSSR count). The standard InChI is InChI=1S/C22H21NO4/c1-17(24)19-9-11-20(12-10-19)27-16-22(25)23(15-21-8-5-13-26-21)14-18-6-3-2-4-7-18/h2-13H,14-16H2,1H3. The Morgan fingerprint density at radius 3 is 2.30 bits per heavy atom. The van der Waals surface area contributed by atoms with Crippen LogP contribution < -0.4 is 4.74 Å². The molecule has 0 fully saturated rings. The maximum Gasteiger partial charge on any atom is 0.261 e. The molecule has 3 aromatic rings. The van der Waals surface area contributed by atoms with Gasteiger partial charge in [-0.15, -0.1) is 0 Å². The van der Waals surface area contributed by atoms with E-state index in [-0.39, 0.29) is 18.3 Å². The number of carbonyl (C=O) groups is 2. The van der Waals surface area contributed by atoms with Gasteiger partial charge in [-0.25, -0.2) is 0 Å². The smallest absolute Gasteiger partial charge is 0.261 e. The predicted molar refractivity (Wildman–Crippen MR) is 101 cm³/mol. The molecule has 0 unspecified atom stereocenters. The van der Waals surface area contributed by atoms with Gasteiger partial charge in [-0.3, -0.25) is 9.59 Å². The van der Waals surface area contributed by atoms with Gasteiger partial charge in [-0.05, 0) is 48.9 Å². The zero-order valence-corrected chi connectivity index (χ0v) is 15.1. The molecule has 0 aliphatic heterocycles. The van der Waals surface area contributed by atoms with Crippen molar-refractivity contribution >= 4 is 11.7 Å². The monoisotopic (exact) mass is 363 g/mol. The largest absolute Gasteiger partial charge is 0.484 e. The highest BCUT2D eigenvalue weighted by Crippen LogP contribution is 2.15. The molecule has 1 heterocycles. The second-order valence-corrected chi connectivity index (χ2v) is 6.18. The van der Waals surface area contributed by atoms with E-state index < -0.39 is 0 Å². The quantitative estimate of drug-likeness (QED) is 0.566. The molecule has 0 saturated carbocycles. The van der Waals surface area contributed by atoms with Gasteiger partial charge in [0, 0.05) is 12.1 Å². The highest BCUT2D eigenvalue weighted by atomic mass is 16.5. The molecule has 138 valence electrons. The van der Waals surface area contributed by atoms with Crippen molar-refractivity contribution in [2.45, 2.75) is 20.0 Å². The second kappa shape index (κ2) is 8.85. The van der Waals surface area contributed by atoms with Crippen LogP contribution >= 0.6 is 0 Å². The lowest BCUT2D eigenvalue weighted by molar-refractivity contribution is -0.134. The van der Waals surface area contributed by atoms with Gasteiger partial charge in [0.2, 0.25) is 0 Å². The first-order chi connectivity index (χ1) is 13.1. The fraction of sp³-hybridized carbons (Fsp3) is 0.182. The van der Waals surface area contributed by atoms with Crippen LogP contribution in [-0.2, 0) is 17.9 Å². The Labute approximate surface area is 158 Å². The molecule has 1 aromatic heterocycles. The lowest BCUT2D eigenvalue weighted by Gasteiger charge is -2.22. The van der Waals surface area contributed by atoms with Crippen molar-refractivity contribution in [2.24, 2.45) is 0 Å². The minimum absolute atomic E-state index is 0.00916. The predicted octanol–water partition coefficient (Wildman–Crippen LogP) is 4.09. The van der Waals surface area contributed by atoms with Crippen LogP contribution in [0.2, 0.25) is 0 Å². The summed E-state index contributed by atoms with van der Waals surface area (Å²) in [6.45, 7) is 2.25. The average molecular weight is 363 g/mol. The topological polar surface area (TPSA) is 59.8 Å². The van der Waals surface area contributed by atoms with Gasteiger partial charge in [0.1, 0.15) is 11.5 Å². The molecular weight excluding hydrogens is 342 g/mol. The van der Waals surface area contributed by atoms with E-state index in [1.165, 1.54) is 6.92 Å². The minimum atomic E-state index is -0.147. The fourth-order valence-corrected chi connectivity index (χ4v) is 2.65. The van der Waals surface area contributed by atoms with E-state index in [1.54, 1.807) is 41.5 Å². The zero-order valence-electron chi connectivity index (χ0n) is 15.1. The summed E-state index contributed by atoms with van der Waals surface area (Å²) in [5.41, 5.74) is 1.64. The summed E-state index contributed by atoms with van der Waals surface area (Å²) in [5, 5.41) is 0. The molecule has 0 atom stereocenters. The van der Waals surface area contributed by atoms with E-state index in [4.69, 9.17) is 9.15 Å². The molecule has 0 radical (unpaired) electrons. The van der Waals surface area contributed by atoms with Gasteiger partial charge in [0.05, 0.1) is 12.8 Å². The molecule has 27 heavy (non-hydrogen) atoms. The van der Waals surface area contributed by atoms with Crippen LogP contribution in [0.15, 0.2) is 77.4 Å². The Morgan fingerprint density at radius 2 is 1.67 bits per heavy atom. The van der Waals surface area contributed by atoms with Gasteiger partial charge in [0.15, 0.2) is 12.4 Å². The lowest BCUT2D eigenvalue weighted by Crippen LogP contribution is -2.34. The number of ether oxygens (including phenoxy) is 1. The van der Waals surface area contributed by atoms with Crippen molar-refractivity contribution in [2.75, 3.05) is 6.61 Å². The fourth-order valence-electron chi connectivity index (χ4n) is 2.65. The molecular formula is C22H21NO4. The molecule has 0 spiro atoms. The highest BCUT2D eigenvalue weighted by molar-refractivity contribution is 5.94. The first-order valence-electron chi connectivity index (χ1n) is 8.69. The van der Waals surface area contributed by atoms with Crippen molar-refractivity contribution in [3.63, 3.8) is 0 Å². The van der Waals surface area contributed by atoms with Crippen LogP contribution in [0.1, 0.15) is 28.6 Å². The molecule has 5 heteroatoms. The van der Waals surface area contributed by atoms with Crippen LogP contribution in [0.3, 0.4) is 0 Å². The summed E-state index contributed by atoms with van der Waals surface area (Å²) in [5.74, 6) is 1.10. The number of ketones is 1. The molecule has 1 amide bonds. The zero-order chi connectivity index (χ0) is 19.1. The molecule has 0 aliphatic rings. The van der Waals surface area contributed by atoms with E-state index in [2.05, 4.69) is 0 Å². The Bertz CT molecular complexity index is 870. The Kier molecular flexibility index (Phi) is 6.05. The third-order valence-corrected chi connectivity index (χ3v) is 4.12. The van der Waals surface area contributed by atoms with Crippen molar-refractivity contribution < 1.29 is 18.7 Å². The van der Waals surface area contributed by atoms with Crippen molar-refractivity contribution in [1.82, 2.24) is 4.90 Å². The third-order valence-electron chi connectivity index (χ3n) is 4.12. The van der Waals surface area contributed by atoms with Gasteiger partial charge >= 0.3 is 0 Å². The normalized spacial score (nSPS) is 10.4. The van der Waals surface area contributed by atoms with Crippen LogP contribution in [0.5, 0.6) is 5.75 Å². The number of benzene rings is 2. The summed E-state index contributed by atoms with van der Waals surface area (Å²) in [6, 6.07) is 20.2. The van der Waals surface area contributed by atoms with Gasteiger partial charge < -0.3 is 14.1 Å². The number of rotatable bonds is 8.